The number of carboxylic acid groups (broad SMARTS) is 1. The highest BCUT2D eigenvalue weighted by atomic mass is 35.5. The molecular weight excluding hydrogens is 364 g/mol. The third-order valence-electron chi connectivity index (χ3n) is 3.43. The molecule has 0 aliphatic heterocycles. The number of hydrogen-bond acceptors (Lipinski definition) is 4. The molecule has 0 unspecified atom stereocenters. The molecule has 0 radical (unpaired) electrons. The molecule has 0 bridgehead atoms. The summed E-state index contributed by atoms with van der Waals surface area (Å²) in [4.78, 5) is 35.8. The zero-order chi connectivity index (χ0) is 18.0. The lowest BCUT2D eigenvalue weighted by atomic mass is 10.1. The van der Waals surface area contributed by atoms with Crippen LogP contribution in [-0.4, -0.2) is 22.9 Å². The summed E-state index contributed by atoms with van der Waals surface area (Å²) >= 11 is 7.41. The SMILES string of the molecule is O=C(O)c1ccccc1C(=O)NNC(=O)c1sc2ccccc2c1Cl. The van der Waals surface area contributed by atoms with Crippen molar-refractivity contribution in [2.24, 2.45) is 0 Å². The Morgan fingerprint density at radius 1 is 0.880 bits per heavy atom. The smallest absolute Gasteiger partial charge is 0.336 e. The van der Waals surface area contributed by atoms with Gasteiger partial charge in [-0.2, -0.15) is 0 Å². The molecule has 0 atom stereocenters. The topological polar surface area (TPSA) is 95.5 Å². The number of aromatic carboxylic acids is 1. The quantitative estimate of drug-likeness (QED) is 0.613. The highest BCUT2D eigenvalue weighted by Crippen LogP contribution is 2.34. The van der Waals surface area contributed by atoms with E-state index in [1.807, 2.05) is 18.2 Å². The van der Waals surface area contributed by atoms with E-state index in [2.05, 4.69) is 10.9 Å². The minimum absolute atomic E-state index is 0.0577. The number of carbonyl (C=O) groups is 3. The van der Waals surface area contributed by atoms with Crippen molar-refractivity contribution < 1.29 is 19.5 Å². The number of thiophene rings is 1. The normalized spacial score (nSPS) is 10.4. The number of hydrazine groups is 1. The summed E-state index contributed by atoms with van der Waals surface area (Å²) in [6, 6.07) is 13.0. The molecule has 1 aromatic heterocycles. The Hall–Kier alpha value is -2.90. The van der Waals surface area contributed by atoms with Crippen LogP contribution < -0.4 is 10.9 Å². The molecule has 1 heterocycles. The summed E-state index contributed by atoms with van der Waals surface area (Å²) in [5, 5.41) is 10.2. The number of carboxylic acids is 1. The van der Waals surface area contributed by atoms with Crippen LogP contribution in [0.5, 0.6) is 0 Å². The van der Waals surface area contributed by atoms with E-state index in [1.165, 1.54) is 35.6 Å². The minimum atomic E-state index is -1.23. The fourth-order valence-electron chi connectivity index (χ4n) is 2.27. The summed E-state index contributed by atoms with van der Waals surface area (Å²) < 4.78 is 0.847. The molecule has 3 N–H and O–H groups in total. The highest BCUT2D eigenvalue weighted by Gasteiger charge is 2.19. The number of nitrogens with one attached hydrogen (secondary N) is 2. The van der Waals surface area contributed by atoms with E-state index in [0.717, 1.165) is 10.1 Å². The number of rotatable bonds is 3. The fourth-order valence-corrected chi connectivity index (χ4v) is 3.68. The van der Waals surface area contributed by atoms with Crippen molar-refractivity contribution >= 4 is 50.8 Å². The van der Waals surface area contributed by atoms with Gasteiger partial charge in [-0.15, -0.1) is 11.3 Å². The van der Waals surface area contributed by atoms with Crippen LogP contribution in [-0.2, 0) is 0 Å². The number of amides is 2. The molecule has 2 aromatic carbocycles. The lowest BCUT2D eigenvalue weighted by Crippen LogP contribution is -2.41. The van der Waals surface area contributed by atoms with E-state index in [4.69, 9.17) is 16.7 Å². The van der Waals surface area contributed by atoms with Crippen LogP contribution in [0.4, 0.5) is 0 Å². The van der Waals surface area contributed by atoms with Gasteiger partial charge in [-0.05, 0) is 18.2 Å². The molecule has 6 nitrogen and oxygen atoms in total. The van der Waals surface area contributed by atoms with Gasteiger partial charge in [0.05, 0.1) is 16.1 Å². The Kier molecular flexibility index (Phi) is 4.69. The van der Waals surface area contributed by atoms with Crippen molar-refractivity contribution in [3.63, 3.8) is 0 Å². The fraction of sp³-hybridized carbons (Fsp3) is 0. The Bertz CT molecular complexity index is 999. The predicted octanol–water partition coefficient (Wildman–Crippen LogP) is 3.33. The van der Waals surface area contributed by atoms with Crippen LogP contribution in [0.1, 0.15) is 30.4 Å². The van der Waals surface area contributed by atoms with Crippen LogP contribution in [0.25, 0.3) is 10.1 Å². The van der Waals surface area contributed by atoms with E-state index < -0.39 is 17.8 Å². The Morgan fingerprint density at radius 3 is 2.16 bits per heavy atom. The van der Waals surface area contributed by atoms with Gasteiger partial charge in [0.2, 0.25) is 0 Å². The molecule has 3 aromatic rings. The molecule has 25 heavy (non-hydrogen) atoms. The van der Waals surface area contributed by atoms with Crippen LogP contribution in [0.15, 0.2) is 48.5 Å². The van der Waals surface area contributed by atoms with Gasteiger partial charge >= 0.3 is 5.97 Å². The van der Waals surface area contributed by atoms with Crippen molar-refractivity contribution in [1.82, 2.24) is 10.9 Å². The minimum Gasteiger partial charge on any atom is -0.478 e. The predicted molar refractivity (Wildman–Crippen MR) is 95.2 cm³/mol. The number of fused-ring (bicyclic) bond motifs is 1. The lowest BCUT2D eigenvalue weighted by molar-refractivity contribution is 0.0690. The van der Waals surface area contributed by atoms with Crippen LogP contribution >= 0.6 is 22.9 Å². The monoisotopic (exact) mass is 374 g/mol. The standard InChI is InChI=1S/C17H11ClN2O4S/c18-13-11-7-3-4-8-12(11)25-14(13)16(22)20-19-15(21)9-5-1-2-6-10(9)17(23)24/h1-8H,(H,19,21)(H,20,22)(H,23,24). The largest absolute Gasteiger partial charge is 0.478 e. The molecular formula is C17H11ClN2O4S. The van der Waals surface area contributed by atoms with E-state index in [1.54, 1.807) is 6.07 Å². The first-order valence-corrected chi connectivity index (χ1v) is 8.28. The second-order valence-electron chi connectivity index (χ2n) is 5.00. The number of hydrogen-bond donors (Lipinski definition) is 3. The first kappa shape index (κ1) is 16.9. The first-order chi connectivity index (χ1) is 12.0. The lowest BCUT2D eigenvalue weighted by Gasteiger charge is -2.08. The van der Waals surface area contributed by atoms with Crippen LogP contribution in [0.2, 0.25) is 5.02 Å². The number of halogens is 1. The molecule has 0 spiro atoms. The van der Waals surface area contributed by atoms with E-state index in [-0.39, 0.29) is 16.0 Å². The Labute approximate surface area is 151 Å². The van der Waals surface area contributed by atoms with Crippen molar-refractivity contribution in [2.45, 2.75) is 0 Å². The van der Waals surface area contributed by atoms with Crippen molar-refractivity contribution in [2.75, 3.05) is 0 Å². The van der Waals surface area contributed by atoms with Crippen molar-refractivity contribution in [1.29, 1.82) is 0 Å². The maximum Gasteiger partial charge on any atom is 0.336 e. The van der Waals surface area contributed by atoms with Crippen LogP contribution in [0, 0.1) is 0 Å². The van der Waals surface area contributed by atoms with Crippen molar-refractivity contribution in [3.8, 4) is 0 Å². The highest BCUT2D eigenvalue weighted by molar-refractivity contribution is 7.21. The summed E-state index contributed by atoms with van der Waals surface area (Å²) in [7, 11) is 0. The average Bonchev–Trinajstić information content (AvgIpc) is 2.96. The number of carbonyl (C=O) groups excluding carboxylic acids is 2. The third kappa shape index (κ3) is 3.33. The Morgan fingerprint density at radius 2 is 1.48 bits per heavy atom. The van der Waals surface area contributed by atoms with Gasteiger partial charge in [0, 0.05) is 10.1 Å². The van der Waals surface area contributed by atoms with E-state index in [9.17, 15) is 14.4 Å². The van der Waals surface area contributed by atoms with E-state index in [0.29, 0.717) is 5.02 Å². The average molecular weight is 375 g/mol. The Balaban J connectivity index is 1.77. The molecule has 0 aliphatic carbocycles. The van der Waals surface area contributed by atoms with Gasteiger partial charge in [-0.3, -0.25) is 20.4 Å². The van der Waals surface area contributed by atoms with Gasteiger partial charge in [0.15, 0.2) is 0 Å². The molecule has 0 saturated carbocycles. The molecule has 3 rings (SSSR count). The second-order valence-corrected chi connectivity index (χ2v) is 6.43. The molecule has 8 heteroatoms. The summed E-state index contributed by atoms with van der Waals surface area (Å²) in [5.74, 6) is -2.54. The summed E-state index contributed by atoms with van der Waals surface area (Å²) in [5.41, 5.74) is 4.25. The van der Waals surface area contributed by atoms with Gasteiger partial charge < -0.3 is 5.11 Å². The van der Waals surface area contributed by atoms with E-state index >= 15 is 0 Å². The van der Waals surface area contributed by atoms with Gasteiger partial charge in [0.1, 0.15) is 4.88 Å². The van der Waals surface area contributed by atoms with Gasteiger partial charge in [-0.1, -0.05) is 41.9 Å². The first-order valence-electron chi connectivity index (χ1n) is 7.09. The molecule has 0 saturated heterocycles. The summed E-state index contributed by atoms with van der Waals surface area (Å²) in [6.07, 6.45) is 0. The zero-order valence-electron chi connectivity index (χ0n) is 12.6. The van der Waals surface area contributed by atoms with Gasteiger partial charge in [-0.25, -0.2) is 4.79 Å². The molecule has 0 fully saturated rings. The number of benzene rings is 2. The molecule has 126 valence electrons. The summed E-state index contributed by atoms with van der Waals surface area (Å²) in [6.45, 7) is 0. The zero-order valence-corrected chi connectivity index (χ0v) is 14.1. The van der Waals surface area contributed by atoms with Gasteiger partial charge in [0.25, 0.3) is 11.8 Å². The van der Waals surface area contributed by atoms with Crippen LogP contribution in [0.3, 0.4) is 0 Å². The van der Waals surface area contributed by atoms with Crippen molar-refractivity contribution in [3.05, 3.63) is 69.6 Å². The molecule has 2 amide bonds. The second kappa shape index (κ2) is 6.92. The third-order valence-corrected chi connectivity index (χ3v) is 5.11. The molecule has 0 aliphatic rings. The maximum absolute atomic E-state index is 12.3. The maximum atomic E-state index is 12.3.